The lowest BCUT2D eigenvalue weighted by atomic mass is 9.84. The van der Waals surface area contributed by atoms with Gasteiger partial charge in [0.1, 0.15) is 11.2 Å². The number of nitrogens with zero attached hydrogens (tertiary/aromatic N) is 5. The van der Waals surface area contributed by atoms with Crippen LogP contribution in [0.4, 0.5) is 30.5 Å². The van der Waals surface area contributed by atoms with Gasteiger partial charge in [-0.3, -0.25) is 13.7 Å². The van der Waals surface area contributed by atoms with Crippen LogP contribution in [0.15, 0.2) is 64.5 Å². The van der Waals surface area contributed by atoms with Gasteiger partial charge in [0.15, 0.2) is 5.82 Å². The number of hydrogen-bond acceptors (Lipinski definition) is 7. The first kappa shape index (κ1) is 26.4. The van der Waals surface area contributed by atoms with Crippen LogP contribution in [-0.4, -0.2) is 43.3 Å². The van der Waals surface area contributed by atoms with Gasteiger partial charge in [-0.15, -0.1) is 0 Å². The Morgan fingerprint density at radius 3 is 2.46 bits per heavy atom. The molecule has 0 saturated carbocycles. The van der Waals surface area contributed by atoms with E-state index in [2.05, 4.69) is 21.4 Å². The van der Waals surface area contributed by atoms with Crippen molar-refractivity contribution in [2.75, 3.05) is 29.6 Å². The van der Waals surface area contributed by atoms with E-state index in [1.165, 1.54) is 12.3 Å². The van der Waals surface area contributed by atoms with E-state index in [1.54, 1.807) is 41.3 Å². The van der Waals surface area contributed by atoms with Gasteiger partial charge in [0, 0.05) is 53.1 Å². The number of nitriles is 1. The van der Waals surface area contributed by atoms with E-state index >= 15 is 0 Å². The zero-order chi connectivity index (χ0) is 27.8. The largest absolute Gasteiger partial charge is 0.417 e. The highest BCUT2D eigenvalue weighted by atomic mass is 32.2. The van der Waals surface area contributed by atoms with Crippen molar-refractivity contribution in [2.45, 2.75) is 35.9 Å². The average Bonchev–Trinajstić information content (AvgIpc) is 3.29. The van der Waals surface area contributed by atoms with Crippen LogP contribution in [0.5, 0.6) is 0 Å². The molecule has 0 amide bonds. The van der Waals surface area contributed by atoms with Crippen molar-refractivity contribution in [1.82, 2.24) is 19.7 Å². The summed E-state index contributed by atoms with van der Waals surface area (Å²) in [6, 6.07) is 13.3. The molecule has 4 heterocycles. The second-order valence-electron chi connectivity index (χ2n) is 9.38. The van der Waals surface area contributed by atoms with Gasteiger partial charge in [0.2, 0.25) is 0 Å². The number of aromatic nitrogens is 4. The molecule has 0 radical (unpaired) electrons. The molecule has 202 valence electrons. The number of halogens is 3. The van der Waals surface area contributed by atoms with Crippen LogP contribution in [0.1, 0.15) is 24.8 Å². The maximum Gasteiger partial charge on any atom is 0.417 e. The van der Waals surface area contributed by atoms with Gasteiger partial charge in [-0.1, -0.05) is 0 Å². The summed E-state index contributed by atoms with van der Waals surface area (Å²) in [6.45, 7) is 0.867. The van der Waals surface area contributed by atoms with Crippen LogP contribution in [-0.2, 0) is 22.5 Å². The Morgan fingerprint density at radius 1 is 1.15 bits per heavy atom. The summed E-state index contributed by atoms with van der Waals surface area (Å²) >= 11 is 0. The third-order valence-corrected chi connectivity index (χ3v) is 7.94. The number of piperidine rings is 1. The zero-order valence-corrected chi connectivity index (χ0v) is 21.6. The Kier molecular flexibility index (Phi) is 6.90. The molecule has 1 aliphatic heterocycles. The molecule has 1 unspecified atom stereocenters. The first-order valence-corrected chi connectivity index (χ1v) is 13.6. The molecule has 1 aromatic carbocycles. The maximum absolute atomic E-state index is 12.9. The van der Waals surface area contributed by atoms with Crippen molar-refractivity contribution < 1.29 is 17.4 Å². The molecule has 0 aliphatic carbocycles. The Hall–Kier alpha value is -4.18. The Labute approximate surface area is 223 Å². The van der Waals surface area contributed by atoms with Crippen LogP contribution in [0.25, 0.3) is 10.9 Å². The Bertz CT molecular complexity index is 1620. The highest BCUT2D eigenvalue weighted by Crippen LogP contribution is 2.38. The van der Waals surface area contributed by atoms with E-state index in [9.17, 15) is 27.4 Å². The Morgan fingerprint density at radius 2 is 1.87 bits per heavy atom. The van der Waals surface area contributed by atoms with Crippen LogP contribution in [0.3, 0.4) is 0 Å². The molecule has 9 nitrogen and oxygen atoms in total. The standard InChI is InChI=1S/C26H24F3N7O2S/c1-39(38)19-5-3-18(4-6-19)33-23-22-20(8-13-31-24(22)37)36(34-23)25(9-12-30)10-14-35(15-11-25)21-7-2-17(16-32-21)26(27,28)29/h2-8,13,16H,9-11,14-15H2,1H3,(H,31,37)(H,33,34). The lowest BCUT2D eigenvalue weighted by Gasteiger charge is -2.41. The van der Waals surface area contributed by atoms with Crippen molar-refractivity contribution in [3.05, 3.63) is 70.8 Å². The van der Waals surface area contributed by atoms with E-state index in [1.807, 2.05) is 4.90 Å². The number of anilines is 3. The molecule has 1 fully saturated rings. The number of fused-ring (bicyclic) bond motifs is 1. The summed E-state index contributed by atoms with van der Waals surface area (Å²) in [5, 5.41) is 18.0. The SMILES string of the molecule is CS(=O)c1ccc(Nc2nn(C3(CC#N)CCN(c4ccc(C(F)(F)F)cn4)CC3)c3cc[nH]c(=O)c23)cc1. The monoisotopic (exact) mass is 555 g/mol. The summed E-state index contributed by atoms with van der Waals surface area (Å²) in [5.41, 5.74) is -0.689. The zero-order valence-electron chi connectivity index (χ0n) is 20.8. The van der Waals surface area contributed by atoms with Crippen LogP contribution < -0.4 is 15.8 Å². The van der Waals surface area contributed by atoms with Gasteiger partial charge in [0.25, 0.3) is 5.56 Å². The Balaban J connectivity index is 1.47. The van der Waals surface area contributed by atoms with Crippen molar-refractivity contribution in [2.24, 2.45) is 0 Å². The molecule has 0 bridgehead atoms. The minimum absolute atomic E-state index is 0.126. The third kappa shape index (κ3) is 5.12. The van der Waals surface area contributed by atoms with Crippen molar-refractivity contribution in [3.8, 4) is 6.07 Å². The minimum Gasteiger partial charge on any atom is -0.356 e. The predicted octanol–water partition coefficient (Wildman–Crippen LogP) is 4.53. The molecule has 2 N–H and O–H groups in total. The normalized spacial score (nSPS) is 16.1. The molecule has 3 aromatic heterocycles. The molecular weight excluding hydrogens is 531 g/mol. The molecule has 13 heteroatoms. The van der Waals surface area contributed by atoms with Gasteiger partial charge in [-0.2, -0.15) is 23.5 Å². The summed E-state index contributed by atoms with van der Waals surface area (Å²) < 4.78 is 52.3. The fraction of sp³-hybridized carbons (Fsp3) is 0.308. The van der Waals surface area contributed by atoms with E-state index in [0.29, 0.717) is 59.1 Å². The number of H-pyrrole nitrogens is 1. The van der Waals surface area contributed by atoms with E-state index in [0.717, 1.165) is 12.3 Å². The number of benzene rings is 1. The molecule has 1 aliphatic rings. The van der Waals surface area contributed by atoms with E-state index in [-0.39, 0.29) is 12.0 Å². The van der Waals surface area contributed by atoms with E-state index < -0.39 is 28.1 Å². The average molecular weight is 556 g/mol. The maximum atomic E-state index is 12.9. The number of aromatic amines is 1. The van der Waals surface area contributed by atoms with Crippen molar-refractivity contribution in [1.29, 1.82) is 5.26 Å². The van der Waals surface area contributed by atoms with Gasteiger partial charge in [-0.25, -0.2) is 4.98 Å². The quantitative estimate of drug-likeness (QED) is 0.359. The topological polar surface area (TPSA) is 120 Å². The van der Waals surface area contributed by atoms with Crippen LogP contribution in [0, 0.1) is 11.3 Å². The van der Waals surface area contributed by atoms with Gasteiger partial charge < -0.3 is 15.2 Å². The van der Waals surface area contributed by atoms with Crippen molar-refractivity contribution >= 4 is 39.0 Å². The fourth-order valence-corrected chi connectivity index (χ4v) is 5.42. The molecule has 1 saturated heterocycles. The van der Waals surface area contributed by atoms with Gasteiger partial charge >= 0.3 is 6.18 Å². The highest BCUT2D eigenvalue weighted by molar-refractivity contribution is 7.84. The fourth-order valence-electron chi connectivity index (χ4n) is 4.90. The van der Waals surface area contributed by atoms with Crippen molar-refractivity contribution in [3.63, 3.8) is 0 Å². The first-order chi connectivity index (χ1) is 18.6. The second-order valence-corrected chi connectivity index (χ2v) is 10.8. The first-order valence-electron chi connectivity index (χ1n) is 12.1. The summed E-state index contributed by atoms with van der Waals surface area (Å²) in [7, 11) is -1.13. The molecule has 4 aromatic rings. The van der Waals surface area contributed by atoms with Crippen LogP contribution >= 0.6 is 0 Å². The predicted molar refractivity (Wildman–Crippen MR) is 141 cm³/mol. The third-order valence-electron chi connectivity index (χ3n) is 7.00. The van der Waals surface area contributed by atoms with E-state index in [4.69, 9.17) is 5.10 Å². The smallest absolute Gasteiger partial charge is 0.356 e. The number of rotatable bonds is 6. The highest BCUT2D eigenvalue weighted by Gasteiger charge is 2.40. The lowest BCUT2D eigenvalue weighted by molar-refractivity contribution is -0.137. The van der Waals surface area contributed by atoms with Gasteiger partial charge in [0.05, 0.1) is 29.1 Å². The molecule has 0 spiro atoms. The van der Waals surface area contributed by atoms with Gasteiger partial charge in [-0.05, 0) is 55.3 Å². The molecule has 39 heavy (non-hydrogen) atoms. The summed E-state index contributed by atoms with van der Waals surface area (Å²) in [4.78, 5) is 22.1. The van der Waals surface area contributed by atoms with Crippen LogP contribution in [0.2, 0.25) is 0 Å². The number of hydrogen-bond donors (Lipinski definition) is 2. The molecular formula is C26H24F3N7O2S. The second kappa shape index (κ2) is 10.2. The number of alkyl halides is 3. The summed E-state index contributed by atoms with van der Waals surface area (Å²) in [6.07, 6.45) is 0.525. The minimum atomic E-state index is -4.46. The molecule has 5 rings (SSSR count). The number of nitrogens with one attached hydrogen (secondary N) is 2. The molecule has 1 atom stereocenters. The number of pyridine rings is 2. The summed E-state index contributed by atoms with van der Waals surface area (Å²) in [5.74, 6) is 0.746. The lowest BCUT2D eigenvalue weighted by Crippen LogP contribution is -2.47.